The Morgan fingerprint density at radius 3 is 2.16 bits per heavy atom. The first-order valence-electron chi connectivity index (χ1n) is 9.84. The van der Waals surface area contributed by atoms with E-state index in [0.717, 1.165) is 50.6 Å². The molecule has 2 heterocycles. The smallest absolute Gasteiger partial charge is 0.189 e. The maximum atomic E-state index is 10.3. The fourth-order valence-corrected chi connectivity index (χ4v) is 6.09. The topological polar surface area (TPSA) is 64.9 Å². The molecular formula is C21H27N4+. The van der Waals surface area contributed by atoms with Gasteiger partial charge in [0.2, 0.25) is 0 Å². The number of likely N-dealkylation sites (tertiary alicyclic amines) is 1. The van der Waals surface area contributed by atoms with Crippen LogP contribution < -0.4 is 4.90 Å². The molecule has 0 amide bonds. The Labute approximate surface area is 150 Å². The number of nitrogens with zero attached hydrogens (tertiary/aromatic N) is 3. The number of nitriles is 2. The zero-order valence-corrected chi connectivity index (χ0v) is 14.9. The average molecular weight is 335 g/mol. The lowest BCUT2D eigenvalue weighted by Crippen LogP contribution is -3.28. The number of hydrogen-bond acceptors (Lipinski definition) is 3. The predicted molar refractivity (Wildman–Crippen MR) is 94.1 cm³/mol. The summed E-state index contributed by atoms with van der Waals surface area (Å²) in [5.74, 6) is 0.879. The molecule has 25 heavy (non-hydrogen) atoms. The van der Waals surface area contributed by atoms with Gasteiger partial charge in [0.1, 0.15) is 18.7 Å². The van der Waals surface area contributed by atoms with Crippen molar-refractivity contribution in [3.05, 3.63) is 30.1 Å². The minimum atomic E-state index is -0.403. The van der Waals surface area contributed by atoms with Gasteiger partial charge in [-0.05, 0) is 44.2 Å². The summed E-state index contributed by atoms with van der Waals surface area (Å²) in [6.07, 6.45) is 11.8. The summed E-state index contributed by atoms with van der Waals surface area (Å²) < 4.78 is 0. The molecule has 0 aromatic carbocycles. The largest absolute Gasteiger partial charge is 0.296 e. The highest BCUT2D eigenvalue weighted by molar-refractivity contribution is 5.18. The van der Waals surface area contributed by atoms with Gasteiger partial charge in [-0.1, -0.05) is 18.9 Å². The highest BCUT2D eigenvalue weighted by Crippen LogP contribution is 2.47. The molecule has 3 fully saturated rings. The number of rotatable bonds is 2. The molecular weight excluding hydrogens is 308 g/mol. The maximum Gasteiger partial charge on any atom is 0.189 e. The van der Waals surface area contributed by atoms with E-state index in [1.807, 2.05) is 24.4 Å². The van der Waals surface area contributed by atoms with Gasteiger partial charge in [-0.25, -0.2) is 0 Å². The quantitative estimate of drug-likeness (QED) is 0.904. The van der Waals surface area contributed by atoms with Crippen LogP contribution in [0, 0.1) is 34.5 Å². The van der Waals surface area contributed by atoms with Gasteiger partial charge < -0.3 is 0 Å². The summed E-state index contributed by atoms with van der Waals surface area (Å²) in [5, 5.41) is 20.6. The predicted octanol–water partition coefficient (Wildman–Crippen LogP) is 2.78. The first-order chi connectivity index (χ1) is 12.2. The fourth-order valence-electron chi connectivity index (χ4n) is 6.09. The monoisotopic (exact) mass is 335 g/mol. The van der Waals surface area contributed by atoms with Crippen LogP contribution in [0.3, 0.4) is 0 Å². The first kappa shape index (κ1) is 16.6. The van der Waals surface area contributed by atoms with Crippen LogP contribution in [0.15, 0.2) is 24.4 Å². The van der Waals surface area contributed by atoms with E-state index in [9.17, 15) is 10.5 Å². The summed E-state index contributed by atoms with van der Waals surface area (Å²) >= 11 is 0. The van der Waals surface area contributed by atoms with E-state index < -0.39 is 11.1 Å². The highest BCUT2D eigenvalue weighted by Gasteiger charge is 2.65. The van der Waals surface area contributed by atoms with Crippen LogP contribution in [-0.4, -0.2) is 16.1 Å². The van der Waals surface area contributed by atoms with Gasteiger partial charge in [-0.2, -0.15) is 10.5 Å². The molecule has 130 valence electrons. The van der Waals surface area contributed by atoms with E-state index in [4.69, 9.17) is 0 Å². The number of fused-ring (bicyclic) bond motifs is 2. The molecule has 2 aliphatic carbocycles. The minimum absolute atomic E-state index is 0.403. The number of pyridine rings is 1. The van der Waals surface area contributed by atoms with E-state index in [1.54, 1.807) is 0 Å². The summed E-state index contributed by atoms with van der Waals surface area (Å²) in [7, 11) is 0. The fraction of sp³-hybridized carbons (Fsp3) is 0.667. The van der Waals surface area contributed by atoms with Crippen molar-refractivity contribution in [2.24, 2.45) is 11.8 Å². The van der Waals surface area contributed by atoms with Crippen LogP contribution in [0.25, 0.3) is 0 Å². The Morgan fingerprint density at radius 1 is 1.00 bits per heavy atom. The second kappa shape index (κ2) is 6.43. The molecule has 3 aliphatic rings. The standard InChI is InChI=1S/C21H26N4/c22-15-20-10-4-1-7-17(20)13-18-8-2-5-11-21(18,16-23)25(20)14-19-9-3-6-12-24-19/h3,6,9,12,17-18H,1-2,4-5,7-8,10-11,13-14H2/p+1/t17-,18+,20-,21+. The summed E-state index contributed by atoms with van der Waals surface area (Å²) in [6, 6.07) is 11.5. The average Bonchev–Trinajstić information content (AvgIpc) is 2.68. The Kier molecular flexibility index (Phi) is 4.26. The molecule has 5 atom stereocenters. The molecule has 0 radical (unpaired) electrons. The number of quaternary nitrogens is 1. The SMILES string of the molecule is N#C[C@]12CCCC[C@@H]1C[C@@H]1CCCC[C@@]1(C#N)[NH+]2Cc1ccccn1. The second-order valence-corrected chi connectivity index (χ2v) is 8.26. The molecule has 0 bridgehead atoms. The molecule has 1 unspecified atom stereocenters. The van der Waals surface area contributed by atoms with Crippen molar-refractivity contribution in [1.29, 1.82) is 10.5 Å². The normalized spacial score (nSPS) is 40.2. The zero-order valence-electron chi connectivity index (χ0n) is 14.9. The summed E-state index contributed by atoms with van der Waals surface area (Å²) in [5.41, 5.74) is 0.205. The Bertz CT molecular complexity index is 663. The third-order valence-electron chi connectivity index (χ3n) is 7.27. The zero-order chi connectivity index (χ0) is 17.3. The maximum absolute atomic E-state index is 10.3. The minimum Gasteiger partial charge on any atom is -0.296 e. The van der Waals surface area contributed by atoms with Crippen molar-refractivity contribution in [2.75, 3.05) is 0 Å². The van der Waals surface area contributed by atoms with Crippen LogP contribution in [0.1, 0.15) is 63.5 Å². The number of hydrogen-bond donors (Lipinski definition) is 1. The molecule has 1 aromatic rings. The molecule has 2 saturated carbocycles. The van der Waals surface area contributed by atoms with Crippen molar-refractivity contribution < 1.29 is 4.90 Å². The number of piperidine rings is 1. The van der Waals surface area contributed by atoms with E-state index in [-0.39, 0.29) is 0 Å². The van der Waals surface area contributed by atoms with Gasteiger partial charge in [-0.15, -0.1) is 0 Å². The molecule has 1 aliphatic heterocycles. The van der Waals surface area contributed by atoms with Gasteiger partial charge in [0.25, 0.3) is 0 Å². The summed E-state index contributed by atoms with van der Waals surface area (Å²) in [6.45, 7) is 0.703. The van der Waals surface area contributed by atoms with Gasteiger partial charge in [0.15, 0.2) is 11.1 Å². The Morgan fingerprint density at radius 2 is 1.64 bits per heavy atom. The van der Waals surface area contributed by atoms with Crippen molar-refractivity contribution in [2.45, 2.75) is 75.4 Å². The van der Waals surface area contributed by atoms with Crippen LogP contribution in [0.2, 0.25) is 0 Å². The lowest BCUT2D eigenvalue weighted by atomic mass is 9.57. The van der Waals surface area contributed by atoms with Crippen molar-refractivity contribution >= 4 is 0 Å². The number of aromatic nitrogens is 1. The highest BCUT2D eigenvalue weighted by atomic mass is 15.3. The molecule has 1 aromatic heterocycles. The third-order valence-corrected chi connectivity index (χ3v) is 7.27. The molecule has 4 nitrogen and oxygen atoms in total. The first-order valence-corrected chi connectivity index (χ1v) is 9.84. The van der Waals surface area contributed by atoms with Gasteiger partial charge in [-0.3, -0.25) is 9.88 Å². The molecule has 1 saturated heterocycles. The molecule has 1 N–H and O–H groups in total. The second-order valence-electron chi connectivity index (χ2n) is 8.26. The molecule has 4 rings (SSSR count). The van der Waals surface area contributed by atoms with Crippen LogP contribution in [0.5, 0.6) is 0 Å². The van der Waals surface area contributed by atoms with Crippen LogP contribution in [0.4, 0.5) is 0 Å². The van der Waals surface area contributed by atoms with E-state index in [1.165, 1.54) is 17.7 Å². The van der Waals surface area contributed by atoms with Crippen molar-refractivity contribution in [1.82, 2.24) is 4.98 Å². The molecule has 0 spiro atoms. The third kappa shape index (κ3) is 2.47. The van der Waals surface area contributed by atoms with Gasteiger partial charge in [0, 0.05) is 30.9 Å². The van der Waals surface area contributed by atoms with Gasteiger partial charge >= 0.3 is 0 Å². The van der Waals surface area contributed by atoms with Crippen LogP contribution in [-0.2, 0) is 6.54 Å². The lowest BCUT2D eigenvalue weighted by Gasteiger charge is -2.58. The van der Waals surface area contributed by atoms with Gasteiger partial charge in [0.05, 0.1) is 5.69 Å². The lowest BCUT2D eigenvalue weighted by molar-refractivity contribution is -1.01. The van der Waals surface area contributed by atoms with E-state index in [0.29, 0.717) is 18.4 Å². The Hall–Kier alpha value is -1.91. The van der Waals surface area contributed by atoms with E-state index in [2.05, 4.69) is 17.1 Å². The van der Waals surface area contributed by atoms with Crippen molar-refractivity contribution in [3.8, 4) is 12.1 Å². The van der Waals surface area contributed by atoms with E-state index >= 15 is 0 Å². The number of nitrogens with one attached hydrogen (secondary N) is 1. The van der Waals surface area contributed by atoms with Crippen molar-refractivity contribution in [3.63, 3.8) is 0 Å². The van der Waals surface area contributed by atoms with Crippen LogP contribution >= 0.6 is 0 Å². The summed E-state index contributed by atoms with van der Waals surface area (Å²) in [4.78, 5) is 5.77. The Balaban J connectivity index is 1.81. The molecule has 4 heteroatoms.